The van der Waals surface area contributed by atoms with Crippen molar-refractivity contribution in [1.29, 1.82) is 5.26 Å². The van der Waals surface area contributed by atoms with Crippen molar-refractivity contribution in [2.45, 2.75) is 17.3 Å². The van der Waals surface area contributed by atoms with Crippen LogP contribution in [0.3, 0.4) is 0 Å². The monoisotopic (exact) mass is 286 g/mol. The number of benzene rings is 1. The Labute approximate surface area is 118 Å². The second-order valence-corrected chi connectivity index (χ2v) is 6.07. The Balaban J connectivity index is 1.69. The van der Waals surface area contributed by atoms with Crippen molar-refractivity contribution in [2.75, 3.05) is 0 Å². The fourth-order valence-corrected chi connectivity index (χ4v) is 3.46. The highest BCUT2D eigenvalue weighted by Crippen LogP contribution is 2.25. The molecule has 2 aromatic heterocycles. The lowest BCUT2D eigenvalue weighted by Gasteiger charge is -1.92. The van der Waals surface area contributed by atoms with E-state index < -0.39 is 0 Å². The summed E-state index contributed by atoms with van der Waals surface area (Å²) in [7, 11) is 0. The van der Waals surface area contributed by atoms with Crippen LogP contribution < -0.4 is 0 Å². The van der Waals surface area contributed by atoms with Crippen LogP contribution in [0, 0.1) is 11.3 Å². The van der Waals surface area contributed by atoms with Gasteiger partial charge in [0.25, 0.3) is 0 Å². The Bertz CT molecular complexity index is 705. The number of nitrogens with zero attached hydrogens (tertiary/aromatic N) is 3. The molecule has 1 N–H and O–H groups in total. The first-order valence-electron chi connectivity index (χ1n) is 5.73. The largest absolute Gasteiger partial charge is 0.333 e. The summed E-state index contributed by atoms with van der Waals surface area (Å²) in [5.74, 6) is 0.822. The van der Waals surface area contributed by atoms with E-state index in [0.717, 1.165) is 31.8 Å². The number of thiazole rings is 1. The van der Waals surface area contributed by atoms with Crippen LogP contribution in [0.4, 0.5) is 0 Å². The molecule has 0 aliphatic carbocycles. The lowest BCUT2D eigenvalue weighted by atomic mass is 10.3. The van der Waals surface area contributed by atoms with E-state index in [1.54, 1.807) is 23.1 Å². The fourth-order valence-electron chi connectivity index (χ4n) is 1.70. The molecule has 2 heterocycles. The maximum atomic E-state index is 8.61. The molecule has 0 saturated heterocycles. The minimum atomic E-state index is 0.389. The van der Waals surface area contributed by atoms with Gasteiger partial charge < -0.3 is 4.98 Å². The number of aromatic nitrogens is 3. The lowest BCUT2D eigenvalue weighted by molar-refractivity contribution is 1.08. The molecule has 0 aliphatic heterocycles. The molecule has 0 bridgehead atoms. The molecule has 0 atom stereocenters. The highest BCUT2D eigenvalue weighted by atomic mass is 32.2. The third kappa shape index (κ3) is 2.78. The van der Waals surface area contributed by atoms with Gasteiger partial charge in [-0.2, -0.15) is 5.26 Å². The Morgan fingerprint density at radius 2 is 2.26 bits per heavy atom. The lowest BCUT2D eigenvalue weighted by Crippen LogP contribution is -1.76. The van der Waals surface area contributed by atoms with Gasteiger partial charge in [0.15, 0.2) is 5.16 Å². The number of fused-ring (bicyclic) bond motifs is 1. The second kappa shape index (κ2) is 5.43. The number of aromatic amines is 1. The highest BCUT2D eigenvalue weighted by Gasteiger charge is 2.05. The average Bonchev–Trinajstić information content (AvgIpc) is 3.02. The zero-order valence-electron chi connectivity index (χ0n) is 9.96. The van der Waals surface area contributed by atoms with Gasteiger partial charge in [-0.25, -0.2) is 9.97 Å². The van der Waals surface area contributed by atoms with Gasteiger partial charge in [-0.3, -0.25) is 0 Å². The summed E-state index contributed by atoms with van der Waals surface area (Å²) in [5.41, 5.74) is 2.04. The zero-order chi connectivity index (χ0) is 13.1. The third-order valence-electron chi connectivity index (χ3n) is 2.55. The van der Waals surface area contributed by atoms with Gasteiger partial charge in [0.1, 0.15) is 5.01 Å². The molecule has 94 valence electrons. The van der Waals surface area contributed by atoms with Crippen molar-refractivity contribution in [1.82, 2.24) is 15.0 Å². The van der Waals surface area contributed by atoms with Crippen LogP contribution in [-0.2, 0) is 12.2 Å². The van der Waals surface area contributed by atoms with Crippen LogP contribution in [0.2, 0.25) is 0 Å². The Hall–Kier alpha value is -1.84. The van der Waals surface area contributed by atoms with E-state index in [2.05, 4.69) is 21.0 Å². The van der Waals surface area contributed by atoms with Crippen molar-refractivity contribution in [3.05, 3.63) is 40.3 Å². The van der Waals surface area contributed by atoms with E-state index in [4.69, 9.17) is 5.26 Å². The molecule has 0 fully saturated rings. The first-order valence-corrected chi connectivity index (χ1v) is 7.53. The molecule has 0 unspecified atom stereocenters. The first-order chi connectivity index (χ1) is 9.35. The van der Waals surface area contributed by atoms with Crippen molar-refractivity contribution in [2.24, 2.45) is 0 Å². The molecule has 1 aromatic carbocycles. The van der Waals surface area contributed by atoms with Crippen LogP contribution in [0.15, 0.2) is 35.6 Å². The standard InChI is InChI=1S/C13H10N4S2/c14-6-5-12-15-7-9(19-12)8-18-13-16-10-3-1-2-4-11(10)17-13/h1-4,7H,5,8H2,(H,16,17). The number of nitriles is 1. The Morgan fingerprint density at radius 3 is 3.11 bits per heavy atom. The van der Waals surface area contributed by atoms with E-state index >= 15 is 0 Å². The van der Waals surface area contributed by atoms with Gasteiger partial charge in [-0.1, -0.05) is 23.9 Å². The van der Waals surface area contributed by atoms with E-state index in [1.165, 1.54) is 0 Å². The van der Waals surface area contributed by atoms with Gasteiger partial charge in [0.2, 0.25) is 0 Å². The molecule has 19 heavy (non-hydrogen) atoms. The van der Waals surface area contributed by atoms with Gasteiger partial charge in [0.05, 0.1) is 23.5 Å². The van der Waals surface area contributed by atoms with Gasteiger partial charge in [-0.05, 0) is 12.1 Å². The molecular formula is C13H10N4S2. The Morgan fingerprint density at radius 1 is 1.37 bits per heavy atom. The number of thioether (sulfide) groups is 1. The maximum absolute atomic E-state index is 8.61. The van der Waals surface area contributed by atoms with Gasteiger partial charge >= 0.3 is 0 Å². The molecule has 0 saturated carbocycles. The molecule has 0 spiro atoms. The number of rotatable bonds is 4. The van der Waals surface area contributed by atoms with Crippen LogP contribution in [-0.4, -0.2) is 15.0 Å². The zero-order valence-corrected chi connectivity index (χ0v) is 11.6. The molecule has 0 amide bonds. The fraction of sp³-hybridized carbons (Fsp3) is 0.154. The smallest absolute Gasteiger partial charge is 0.166 e. The molecule has 3 rings (SSSR count). The number of hydrogen-bond acceptors (Lipinski definition) is 5. The van der Waals surface area contributed by atoms with Crippen LogP contribution in [0.25, 0.3) is 11.0 Å². The summed E-state index contributed by atoms with van der Waals surface area (Å²) in [6.45, 7) is 0. The van der Waals surface area contributed by atoms with Gasteiger partial charge in [0, 0.05) is 16.8 Å². The SMILES string of the molecule is N#CCc1ncc(CSc2nc3ccccc3[nH]2)s1. The number of para-hydroxylation sites is 2. The number of imidazole rings is 1. The van der Waals surface area contributed by atoms with Gasteiger partial charge in [-0.15, -0.1) is 11.3 Å². The minimum Gasteiger partial charge on any atom is -0.333 e. The normalized spacial score (nSPS) is 10.7. The van der Waals surface area contributed by atoms with Crippen LogP contribution in [0.5, 0.6) is 0 Å². The summed E-state index contributed by atoms with van der Waals surface area (Å²) in [6, 6.07) is 10.1. The molecule has 3 aromatic rings. The van der Waals surface area contributed by atoms with Crippen LogP contribution in [0.1, 0.15) is 9.88 Å². The predicted molar refractivity (Wildman–Crippen MR) is 77.1 cm³/mol. The third-order valence-corrected chi connectivity index (χ3v) is 4.65. The molecule has 4 nitrogen and oxygen atoms in total. The average molecular weight is 286 g/mol. The van der Waals surface area contributed by atoms with E-state index in [0.29, 0.717) is 6.42 Å². The summed E-state index contributed by atoms with van der Waals surface area (Å²) < 4.78 is 0. The number of H-pyrrole nitrogens is 1. The minimum absolute atomic E-state index is 0.389. The summed E-state index contributed by atoms with van der Waals surface area (Å²) >= 11 is 3.24. The van der Waals surface area contributed by atoms with Crippen molar-refractivity contribution < 1.29 is 0 Å². The molecular weight excluding hydrogens is 276 g/mol. The summed E-state index contributed by atoms with van der Waals surface area (Å²) in [5, 5.41) is 10.4. The maximum Gasteiger partial charge on any atom is 0.166 e. The second-order valence-electron chi connectivity index (χ2n) is 3.90. The van der Waals surface area contributed by atoms with E-state index in [9.17, 15) is 0 Å². The molecule has 0 radical (unpaired) electrons. The summed E-state index contributed by atoms with van der Waals surface area (Å²) in [4.78, 5) is 13.2. The van der Waals surface area contributed by atoms with E-state index in [1.807, 2.05) is 30.5 Å². The summed E-state index contributed by atoms with van der Waals surface area (Å²) in [6.07, 6.45) is 2.23. The van der Waals surface area contributed by atoms with Crippen molar-refractivity contribution >= 4 is 34.1 Å². The highest BCUT2D eigenvalue weighted by molar-refractivity contribution is 7.98. The van der Waals surface area contributed by atoms with E-state index in [-0.39, 0.29) is 0 Å². The number of nitrogens with one attached hydrogen (secondary N) is 1. The molecule has 6 heteroatoms. The molecule has 0 aliphatic rings. The van der Waals surface area contributed by atoms with Crippen molar-refractivity contribution in [3.8, 4) is 6.07 Å². The van der Waals surface area contributed by atoms with Crippen LogP contribution >= 0.6 is 23.1 Å². The number of hydrogen-bond donors (Lipinski definition) is 1. The predicted octanol–water partition coefficient (Wildman–Crippen LogP) is 3.38. The quantitative estimate of drug-likeness (QED) is 0.747. The van der Waals surface area contributed by atoms with Crippen molar-refractivity contribution in [3.63, 3.8) is 0 Å². The first kappa shape index (κ1) is 12.2. The topological polar surface area (TPSA) is 65.4 Å². The Kier molecular flexibility index (Phi) is 3.49.